The molecule has 1 aromatic rings. The first-order valence-corrected chi connectivity index (χ1v) is 5.88. The SMILES string of the molecule is Cc1c2c(cc(Cl)c1C1(N)CC1)OCCO2. The molecule has 3 rings (SSSR count). The maximum absolute atomic E-state index is 6.28. The molecule has 2 N–H and O–H groups in total. The zero-order valence-corrected chi connectivity index (χ0v) is 9.93. The summed E-state index contributed by atoms with van der Waals surface area (Å²) in [7, 11) is 0. The van der Waals surface area contributed by atoms with Crippen LogP contribution in [0.3, 0.4) is 0 Å². The van der Waals surface area contributed by atoms with E-state index in [4.69, 9.17) is 26.8 Å². The van der Waals surface area contributed by atoms with Crippen molar-refractivity contribution in [3.05, 3.63) is 22.2 Å². The summed E-state index contributed by atoms with van der Waals surface area (Å²) in [5.41, 5.74) is 8.04. The molecule has 0 atom stereocenters. The number of benzene rings is 1. The first kappa shape index (κ1) is 10.2. The second kappa shape index (κ2) is 3.28. The van der Waals surface area contributed by atoms with Gasteiger partial charge in [-0.25, -0.2) is 0 Å². The van der Waals surface area contributed by atoms with Gasteiger partial charge < -0.3 is 15.2 Å². The van der Waals surface area contributed by atoms with Gasteiger partial charge in [0, 0.05) is 22.2 Å². The maximum Gasteiger partial charge on any atom is 0.164 e. The molecule has 0 saturated heterocycles. The van der Waals surface area contributed by atoms with Crippen LogP contribution in [0.15, 0.2) is 6.07 Å². The number of nitrogens with two attached hydrogens (primary N) is 1. The smallest absolute Gasteiger partial charge is 0.164 e. The average Bonchev–Trinajstić information content (AvgIpc) is 2.97. The number of ether oxygens (including phenoxy) is 2. The van der Waals surface area contributed by atoms with E-state index in [0.29, 0.717) is 18.2 Å². The highest BCUT2D eigenvalue weighted by molar-refractivity contribution is 6.32. The van der Waals surface area contributed by atoms with Gasteiger partial charge in [-0.1, -0.05) is 11.6 Å². The Labute approximate surface area is 99.5 Å². The van der Waals surface area contributed by atoms with E-state index in [1.54, 1.807) is 0 Å². The lowest BCUT2D eigenvalue weighted by atomic mass is 9.98. The van der Waals surface area contributed by atoms with Crippen LogP contribution < -0.4 is 15.2 Å². The van der Waals surface area contributed by atoms with Crippen molar-refractivity contribution in [2.24, 2.45) is 5.73 Å². The summed E-state index contributed by atoms with van der Waals surface area (Å²) in [5.74, 6) is 1.55. The third kappa shape index (κ3) is 1.39. The van der Waals surface area contributed by atoms with Crippen molar-refractivity contribution in [3.8, 4) is 11.5 Å². The summed E-state index contributed by atoms with van der Waals surface area (Å²) >= 11 is 6.28. The Morgan fingerprint density at radius 3 is 2.69 bits per heavy atom. The predicted octanol–water partition coefficient (Wildman–Crippen LogP) is 2.37. The summed E-state index contributed by atoms with van der Waals surface area (Å²) in [6, 6.07) is 1.82. The van der Waals surface area contributed by atoms with Crippen molar-refractivity contribution in [1.29, 1.82) is 0 Å². The lowest BCUT2D eigenvalue weighted by Gasteiger charge is -2.24. The van der Waals surface area contributed by atoms with Crippen LogP contribution in [-0.4, -0.2) is 13.2 Å². The van der Waals surface area contributed by atoms with Crippen LogP contribution in [0.5, 0.6) is 11.5 Å². The standard InChI is InChI=1S/C12H14ClNO2/c1-7-10(12(14)2-3-12)8(13)6-9-11(7)16-5-4-15-9/h6H,2-5,14H2,1H3. The minimum atomic E-state index is -0.239. The minimum absolute atomic E-state index is 0.239. The highest BCUT2D eigenvalue weighted by Crippen LogP contribution is 2.51. The minimum Gasteiger partial charge on any atom is -0.486 e. The van der Waals surface area contributed by atoms with Crippen LogP contribution in [0.1, 0.15) is 24.0 Å². The molecule has 86 valence electrons. The van der Waals surface area contributed by atoms with Crippen LogP contribution >= 0.6 is 11.6 Å². The zero-order chi connectivity index (χ0) is 11.3. The fourth-order valence-electron chi connectivity index (χ4n) is 2.31. The van der Waals surface area contributed by atoms with E-state index in [1.807, 2.05) is 13.0 Å². The molecule has 0 aromatic heterocycles. The van der Waals surface area contributed by atoms with Gasteiger partial charge in [0.15, 0.2) is 11.5 Å². The molecule has 1 fully saturated rings. The molecule has 16 heavy (non-hydrogen) atoms. The van der Waals surface area contributed by atoms with E-state index in [9.17, 15) is 0 Å². The van der Waals surface area contributed by atoms with E-state index < -0.39 is 0 Å². The Hall–Kier alpha value is -0.930. The summed E-state index contributed by atoms with van der Waals surface area (Å²) in [4.78, 5) is 0. The van der Waals surface area contributed by atoms with Gasteiger partial charge >= 0.3 is 0 Å². The van der Waals surface area contributed by atoms with Crippen molar-refractivity contribution >= 4 is 11.6 Å². The number of fused-ring (bicyclic) bond motifs is 1. The molecule has 1 aliphatic carbocycles. The van der Waals surface area contributed by atoms with Crippen LogP contribution in [0.4, 0.5) is 0 Å². The van der Waals surface area contributed by atoms with Gasteiger partial charge in [0.05, 0.1) is 0 Å². The molecule has 0 spiro atoms. The molecule has 0 radical (unpaired) electrons. The Balaban J connectivity index is 2.18. The lowest BCUT2D eigenvalue weighted by molar-refractivity contribution is 0.170. The first-order valence-electron chi connectivity index (χ1n) is 5.50. The Morgan fingerprint density at radius 1 is 1.31 bits per heavy atom. The summed E-state index contributed by atoms with van der Waals surface area (Å²) < 4.78 is 11.2. The second-order valence-corrected chi connectivity index (χ2v) is 4.95. The monoisotopic (exact) mass is 239 g/mol. The van der Waals surface area contributed by atoms with E-state index in [1.165, 1.54) is 0 Å². The van der Waals surface area contributed by atoms with Crippen LogP contribution in [0.25, 0.3) is 0 Å². The summed E-state index contributed by atoms with van der Waals surface area (Å²) in [6.45, 7) is 3.17. The first-order chi connectivity index (χ1) is 7.62. The number of hydrogen-bond acceptors (Lipinski definition) is 3. The number of halogens is 1. The van der Waals surface area contributed by atoms with E-state index in [0.717, 1.165) is 35.5 Å². The third-order valence-corrected chi connectivity index (χ3v) is 3.61. The molecule has 0 unspecified atom stereocenters. The van der Waals surface area contributed by atoms with Crippen molar-refractivity contribution in [3.63, 3.8) is 0 Å². The molecule has 1 heterocycles. The Bertz CT molecular complexity index is 455. The maximum atomic E-state index is 6.28. The average molecular weight is 240 g/mol. The van der Waals surface area contributed by atoms with Gasteiger partial charge in [-0.3, -0.25) is 0 Å². The van der Waals surface area contributed by atoms with Gasteiger partial charge in [0.1, 0.15) is 13.2 Å². The van der Waals surface area contributed by atoms with Crippen LogP contribution in [0, 0.1) is 6.92 Å². The van der Waals surface area contributed by atoms with Gasteiger partial charge in [-0.05, 0) is 25.3 Å². The van der Waals surface area contributed by atoms with Gasteiger partial charge in [-0.15, -0.1) is 0 Å². The molecule has 1 aliphatic heterocycles. The lowest BCUT2D eigenvalue weighted by Crippen LogP contribution is -2.23. The van der Waals surface area contributed by atoms with Crippen LogP contribution in [0.2, 0.25) is 5.02 Å². The molecule has 3 nitrogen and oxygen atoms in total. The topological polar surface area (TPSA) is 44.5 Å². The van der Waals surface area contributed by atoms with Crippen molar-refractivity contribution < 1.29 is 9.47 Å². The van der Waals surface area contributed by atoms with E-state index in [2.05, 4.69) is 0 Å². The highest BCUT2D eigenvalue weighted by Gasteiger charge is 2.43. The van der Waals surface area contributed by atoms with Crippen molar-refractivity contribution in [1.82, 2.24) is 0 Å². The molecule has 1 aromatic carbocycles. The Morgan fingerprint density at radius 2 is 2.00 bits per heavy atom. The normalized spacial score (nSPS) is 20.7. The van der Waals surface area contributed by atoms with E-state index >= 15 is 0 Å². The van der Waals surface area contributed by atoms with Crippen molar-refractivity contribution in [2.45, 2.75) is 25.3 Å². The van der Waals surface area contributed by atoms with Gasteiger partial charge in [-0.2, -0.15) is 0 Å². The number of rotatable bonds is 1. The van der Waals surface area contributed by atoms with E-state index in [-0.39, 0.29) is 5.54 Å². The molecular weight excluding hydrogens is 226 g/mol. The zero-order valence-electron chi connectivity index (χ0n) is 9.18. The van der Waals surface area contributed by atoms with Gasteiger partial charge in [0.2, 0.25) is 0 Å². The van der Waals surface area contributed by atoms with Gasteiger partial charge in [0.25, 0.3) is 0 Å². The molecule has 0 amide bonds. The largest absolute Gasteiger partial charge is 0.486 e. The fraction of sp³-hybridized carbons (Fsp3) is 0.500. The molecule has 2 aliphatic rings. The highest BCUT2D eigenvalue weighted by atomic mass is 35.5. The summed E-state index contributed by atoms with van der Waals surface area (Å²) in [5, 5.41) is 0.696. The summed E-state index contributed by atoms with van der Waals surface area (Å²) in [6.07, 6.45) is 1.99. The quantitative estimate of drug-likeness (QED) is 0.818. The van der Waals surface area contributed by atoms with Crippen LogP contribution in [-0.2, 0) is 5.54 Å². The molecular formula is C12H14ClNO2. The van der Waals surface area contributed by atoms with Crippen molar-refractivity contribution in [2.75, 3.05) is 13.2 Å². The Kier molecular flexibility index (Phi) is 2.10. The molecule has 4 heteroatoms. The number of hydrogen-bond donors (Lipinski definition) is 1. The second-order valence-electron chi connectivity index (χ2n) is 4.54. The molecule has 1 saturated carbocycles. The third-order valence-electron chi connectivity index (χ3n) is 3.31. The fourth-order valence-corrected chi connectivity index (χ4v) is 2.74. The molecule has 0 bridgehead atoms. The predicted molar refractivity (Wildman–Crippen MR) is 62.3 cm³/mol.